The summed E-state index contributed by atoms with van der Waals surface area (Å²) < 4.78 is 10.7. The zero-order valence-electron chi connectivity index (χ0n) is 10.8. The van der Waals surface area contributed by atoms with E-state index in [1.54, 1.807) is 14.2 Å². The van der Waals surface area contributed by atoms with Crippen molar-refractivity contribution in [3.8, 4) is 0 Å². The Labute approximate surface area is 102 Å². The van der Waals surface area contributed by atoms with E-state index in [2.05, 4.69) is 37.0 Å². The minimum Gasteiger partial charge on any atom is -0.358 e. The van der Waals surface area contributed by atoms with Crippen LogP contribution in [0.3, 0.4) is 0 Å². The highest BCUT2D eigenvalue weighted by Crippen LogP contribution is 2.31. The summed E-state index contributed by atoms with van der Waals surface area (Å²) in [5.41, 5.74) is 2.04. The summed E-state index contributed by atoms with van der Waals surface area (Å²) in [6.45, 7) is 4.21. The van der Waals surface area contributed by atoms with Gasteiger partial charge in [0.15, 0.2) is 6.29 Å². The molecule has 0 bridgehead atoms. The Morgan fingerprint density at radius 1 is 1.12 bits per heavy atom. The molecule has 2 aromatic rings. The number of H-pyrrole nitrogens is 1. The van der Waals surface area contributed by atoms with Crippen molar-refractivity contribution in [2.45, 2.75) is 25.6 Å². The molecule has 0 aliphatic carbocycles. The molecule has 0 saturated heterocycles. The first-order valence-electron chi connectivity index (χ1n) is 5.73. The molecule has 1 N–H and O–H groups in total. The number of hydrogen-bond donors (Lipinski definition) is 1. The molecule has 0 amide bonds. The molecule has 1 aromatic carbocycles. The van der Waals surface area contributed by atoms with E-state index >= 15 is 0 Å². The maximum atomic E-state index is 5.37. The van der Waals surface area contributed by atoms with Crippen molar-refractivity contribution in [1.29, 1.82) is 0 Å². The second-order valence-corrected chi connectivity index (χ2v) is 4.80. The highest BCUT2D eigenvalue weighted by atomic mass is 16.7. The lowest BCUT2D eigenvalue weighted by atomic mass is 9.88. The fourth-order valence-corrected chi connectivity index (χ4v) is 2.23. The zero-order chi connectivity index (χ0) is 12.5. The van der Waals surface area contributed by atoms with Gasteiger partial charge in [-0.25, -0.2) is 0 Å². The molecule has 0 spiro atoms. The van der Waals surface area contributed by atoms with Gasteiger partial charge in [0.2, 0.25) is 0 Å². The van der Waals surface area contributed by atoms with Crippen LogP contribution in [-0.4, -0.2) is 25.5 Å². The SMILES string of the molecule is COC(OC)C(C)(C)c1cc2ccccc2[nH]1. The monoisotopic (exact) mass is 233 g/mol. The third-order valence-electron chi connectivity index (χ3n) is 3.24. The summed E-state index contributed by atoms with van der Waals surface area (Å²) in [5, 5.41) is 1.21. The summed E-state index contributed by atoms with van der Waals surface area (Å²) in [5.74, 6) is 0. The Balaban J connectivity index is 2.44. The van der Waals surface area contributed by atoms with Crippen LogP contribution >= 0.6 is 0 Å². The Morgan fingerprint density at radius 2 is 1.76 bits per heavy atom. The molecule has 1 aromatic heterocycles. The summed E-state index contributed by atoms with van der Waals surface area (Å²) in [6, 6.07) is 10.4. The van der Waals surface area contributed by atoms with E-state index in [4.69, 9.17) is 9.47 Å². The van der Waals surface area contributed by atoms with Gasteiger partial charge in [0.05, 0.1) is 5.41 Å². The Bertz CT molecular complexity index is 465. The van der Waals surface area contributed by atoms with Gasteiger partial charge in [0, 0.05) is 25.4 Å². The van der Waals surface area contributed by atoms with Crippen molar-refractivity contribution in [3.05, 3.63) is 36.0 Å². The van der Waals surface area contributed by atoms with E-state index in [0.717, 1.165) is 11.2 Å². The van der Waals surface area contributed by atoms with Crippen molar-refractivity contribution in [2.75, 3.05) is 14.2 Å². The van der Waals surface area contributed by atoms with Crippen LogP contribution in [-0.2, 0) is 14.9 Å². The molecular formula is C14H19NO2. The number of ether oxygens (including phenoxy) is 2. The molecule has 0 aliphatic heterocycles. The van der Waals surface area contributed by atoms with Gasteiger partial charge < -0.3 is 14.5 Å². The van der Waals surface area contributed by atoms with Crippen LogP contribution in [0.15, 0.2) is 30.3 Å². The largest absolute Gasteiger partial charge is 0.358 e. The first-order valence-corrected chi connectivity index (χ1v) is 5.73. The first kappa shape index (κ1) is 12.1. The molecule has 0 unspecified atom stereocenters. The highest BCUT2D eigenvalue weighted by molar-refractivity contribution is 5.80. The molecule has 3 heteroatoms. The third kappa shape index (κ3) is 2.08. The van der Waals surface area contributed by atoms with Crippen molar-refractivity contribution < 1.29 is 9.47 Å². The number of methoxy groups -OCH3 is 2. The maximum absolute atomic E-state index is 5.37. The van der Waals surface area contributed by atoms with Crippen LogP contribution in [0.2, 0.25) is 0 Å². The van der Waals surface area contributed by atoms with Crippen molar-refractivity contribution in [1.82, 2.24) is 4.98 Å². The molecule has 0 aliphatic rings. The Hall–Kier alpha value is -1.32. The fraction of sp³-hybridized carbons (Fsp3) is 0.429. The van der Waals surface area contributed by atoms with Gasteiger partial charge in [-0.1, -0.05) is 18.2 Å². The highest BCUT2D eigenvalue weighted by Gasteiger charge is 2.33. The molecular weight excluding hydrogens is 214 g/mol. The quantitative estimate of drug-likeness (QED) is 0.823. The average Bonchev–Trinajstić information content (AvgIpc) is 2.74. The van der Waals surface area contributed by atoms with Gasteiger partial charge in [-0.05, 0) is 31.4 Å². The van der Waals surface area contributed by atoms with Crippen molar-refractivity contribution >= 4 is 10.9 Å². The van der Waals surface area contributed by atoms with Gasteiger partial charge in [-0.3, -0.25) is 0 Å². The van der Waals surface area contributed by atoms with E-state index in [9.17, 15) is 0 Å². The molecule has 0 atom stereocenters. The second-order valence-electron chi connectivity index (χ2n) is 4.80. The summed E-state index contributed by atoms with van der Waals surface area (Å²) in [6.07, 6.45) is -0.268. The number of fused-ring (bicyclic) bond motifs is 1. The van der Waals surface area contributed by atoms with E-state index in [-0.39, 0.29) is 11.7 Å². The fourth-order valence-electron chi connectivity index (χ4n) is 2.23. The van der Waals surface area contributed by atoms with Crippen LogP contribution in [0.1, 0.15) is 19.5 Å². The molecule has 1 heterocycles. The standard InChI is InChI=1S/C14H19NO2/c1-14(2,13(16-3)17-4)12-9-10-7-5-6-8-11(10)15-12/h5-9,13,15H,1-4H3. The van der Waals surface area contributed by atoms with E-state index in [1.165, 1.54) is 5.39 Å². The van der Waals surface area contributed by atoms with Gasteiger partial charge in [-0.2, -0.15) is 0 Å². The summed E-state index contributed by atoms with van der Waals surface area (Å²) in [4.78, 5) is 3.42. The molecule has 0 fully saturated rings. The van der Waals surface area contributed by atoms with Crippen molar-refractivity contribution in [2.24, 2.45) is 0 Å². The Kier molecular flexibility index (Phi) is 3.22. The maximum Gasteiger partial charge on any atom is 0.167 e. The molecule has 0 saturated carbocycles. The van der Waals surface area contributed by atoms with Crippen LogP contribution in [0.4, 0.5) is 0 Å². The lowest BCUT2D eigenvalue weighted by Gasteiger charge is -2.31. The van der Waals surface area contributed by atoms with E-state index in [1.807, 2.05) is 12.1 Å². The predicted octanol–water partition coefficient (Wildman–Crippen LogP) is 3.06. The normalized spacial score (nSPS) is 12.5. The first-order chi connectivity index (χ1) is 8.09. The van der Waals surface area contributed by atoms with Crippen LogP contribution in [0.25, 0.3) is 10.9 Å². The number of para-hydroxylation sites is 1. The van der Waals surface area contributed by atoms with Crippen molar-refractivity contribution in [3.63, 3.8) is 0 Å². The van der Waals surface area contributed by atoms with Crippen LogP contribution in [0.5, 0.6) is 0 Å². The molecule has 0 radical (unpaired) electrons. The van der Waals surface area contributed by atoms with E-state index < -0.39 is 0 Å². The summed E-state index contributed by atoms with van der Waals surface area (Å²) >= 11 is 0. The summed E-state index contributed by atoms with van der Waals surface area (Å²) in [7, 11) is 3.33. The molecule has 3 nitrogen and oxygen atoms in total. The third-order valence-corrected chi connectivity index (χ3v) is 3.24. The number of nitrogens with one attached hydrogen (secondary N) is 1. The second kappa shape index (κ2) is 4.51. The smallest absolute Gasteiger partial charge is 0.167 e. The average molecular weight is 233 g/mol. The number of aromatic nitrogens is 1. The molecule has 92 valence electrons. The predicted molar refractivity (Wildman–Crippen MR) is 69.1 cm³/mol. The minimum atomic E-state index is -0.268. The van der Waals surface area contributed by atoms with Gasteiger partial charge >= 0.3 is 0 Å². The van der Waals surface area contributed by atoms with Crippen LogP contribution < -0.4 is 0 Å². The zero-order valence-corrected chi connectivity index (χ0v) is 10.8. The van der Waals surface area contributed by atoms with Gasteiger partial charge in [0.25, 0.3) is 0 Å². The topological polar surface area (TPSA) is 34.2 Å². The Morgan fingerprint density at radius 3 is 2.35 bits per heavy atom. The molecule has 17 heavy (non-hydrogen) atoms. The number of hydrogen-bond acceptors (Lipinski definition) is 2. The number of rotatable bonds is 4. The minimum absolute atomic E-state index is 0.220. The molecule has 2 rings (SSSR count). The van der Waals surface area contributed by atoms with Crippen LogP contribution in [0, 0.1) is 0 Å². The lowest BCUT2D eigenvalue weighted by Crippen LogP contribution is -2.37. The number of aromatic amines is 1. The van der Waals surface area contributed by atoms with E-state index in [0.29, 0.717) is 0 Å². The van der Waals surface area contributed by atoms with Gasteiger partial charge in [-0.15, -0.1) is 0 Å². The number of benzene rings is 1. The lowest BCUT2D eigenvalue weighted by molar-refractivity contribution is -0.142. The van der Waals surface area contributed by atoms with Gasteiger partial charge in [0.1, 0.15) is 0 Å².